The van der Waals surface area contributed by atoms with Crippen LogP contribution in [0.3, 0.4) is 0 Å². The van der Waals surface area contributed by atoms with E-state index in [4.69, 9.17) is 0 Å². The van der Waals surface area contributed by atoms with Gasteiger partial charge in [0.1, 0.15) is 0 Å². The Morgan fingerprint density at radius 3 is 2.73 bits per heavy atom. The van der Waals surface area contributed by atoms with Crippen LogP contribution in [0.1, 0.15) is 13.3 Å². The molecule has 0 radical (unpaired) electrons. The average molecular weight is 291 g/mol. The Kier molecular flexibility index (Phi) is 5.64. The van der Waals surface area contributed by atoms with E-state index >= 15 is 0 Å². The second kappa shape index (κ2) is 6.51. The topological polar surface area (TPSA) is 15.3 Å². The maximum absolute atomic E-state index is 3.49. The first-order chi connectivity index (χ1) is 7.17. The van der Waals surface area contributed by atoms with Gasteiger partial charge in [0, 0.05) is 13.6 Å². The van der Waals surface area contributed by atoms with Crippen molar-refractivity contribution in [2.45, 2.75) is 13.3 Å². The Morgan fingerprint density at radius 2 is 2.27 bits per heavy atom. The minimum Gasteiger partial charge on any atom is -0.366 e. The van der Waals surface area contributed by atoms with Gasteiger partial charge in [-0.3, -0.25) is 0 Å². The summed E-state index contributed by atoms with van der Waals surface area (Å²) in [6, 6.07) is 4.27. The molecule has 0 aromatic carbocycles. The van der Waals surface area contributed by atoms with Crippen LogP contribution in [0.15, 0.2) is 15.9 Å². The summed E-state index contributed by atoms with van der Waals surface area (Å²) in [5.41, 5.74) is 0. The summed E-state index contributed by atoms with van der Waals surface area (Å²) in [5, 5.41) is 4.58. The molecular formula is C11H19BrN2S. The highest BCUT2D eigenvalue weighted by atomic mass is 79.9. The number of hydrogen-bond acceptors (Lipinski definition) is 3. The second-order valence-corrected chi connectivity index (χ2v) is 6.23. The van der Waals surface area contributed by atoms with E-state index in [2.05, 4.69) is 52.3 Å². The number of thiophene rings is 1. The molecule has 1 unspecified atom stereocenters. The third-order valence-electron chi connectivity index (χ3n) is 2.54. The van der Waals surface area contributed by atoms with E-state index in [0.29, 0.717) is 0 Å². The molecule has 0 aliphatic rings. The van der Waals surface area contributed by atoms with Gasteiger partial charge in [-0.1, -0.05) is 13.3 Å². The van der Waals surface area contributed by atoms with Crippen molar-refractivity contribution in [1.82, 2.24) is 5.32 Å². The van der Waals surface area contributed by atoms with Crippen LogP contribution in [0.5, 0.6) is 0 Å². The van der Waals surface area contributed by atoms with E-state index in [-0.39, 0.29) is 0 Å². The molecule has 1 atom stereocenters. The Bertz CT molecular complexity index is 288. The number of nitrogens with zero attached hydrogens (tertiary/aromatic N) is 1. The van der Waals surface area contributed by atoms with E-state index in [1.165, 1.54) is 15.2 Å². The summed E-state index contributed by atoms with van der Waals surface area (Å²) in [6.45, 7) is 4.46. The smallest absolute Gasteiger partial charge is 0.0917 e. The molecule has 0 saturated carbocycles. The van der Waals surface area contributed by atoms with Crippen molar-refractivity contribution in [2.75, 3.05) is 32.1 Å². The van der Waals surface area contributed by atoms with Crippen molar-refractivity contribution < 1.29 is 0 Å². The minimum absolute atomic E-state index is 0.723. The molecular weight excluding hydrogens is 272 g/mol. The first-order valence-corrected chi connectivity index (χ1v) is 6.89. The van der Waals surface area contributed by atoms with E-state index in [1.807, 2.05) is 7.05 Å². The maximum Gasteiger partial charge on any atom is 0.0917 e. The highest BCUT2D eigenvalue weighted by Crippen LogP contribution is 2.29. The molecule has 0 bridgehead atoms. The molecule has 0 spiro atoms. The number of hydrogen-bond donors (Lipinski definition) is 1. The molecule has 1 aromatic heterocycles. The highest BCUT2D eigenvalue weighted by Gasteiger charge is 2.10. The quantitative estimate of drug-likeness (QED) is 0.866. The lowest BCUT2D eigenvalue weighted by Crippen LogP contribution is -2.30. The molecule has 86 valence electrons. The molecule has 0 aliphatic heterocycles. The van der Waals surface area contributed by atoms with Gasteiger partial charge in [0.15, 0.2) is 0 Å². The van der Waals surface area contributed by atoms with Crippen LogP contribution in [0, 0.1) is 5.92 Å². The van der Waals surface area contributed by atoms with Crippen LogP contribution in [0.2, 0.25) is 0 Å². The molecule has 2 nitrogen and oxygen atoms in total. The van der Waals surface area contributed by atoms with Crippen molar-refractivity contribution in [3.63, 3.8) is 0 Å². The summed E-state index contributed by atoms with van der Waals surface area (Å²) >= 11 is 5.28. The molecule has 1 N–H and O–H groups in total. The van der Waals surface area contributed by atoms with E-state index < -0.39 is 0 Å². The molecule has 1 aromatic rings. The van der Waals surface area contributed by atoms with Crippen molar-refractivity contribution in [2.24, 2.45) is 5.92 Å². The van der Waals surface area contributed by atoms with Gasteiger partial charge >= 0.3 is 0 Å². The standard InChI is InChI=1S/C11H19BrN2S/c1-4-9(7-13-2)8-14(3)11-6-5-10(12)15-11/h5-6,9,13H,4,7-8H2,1-3H3. The zero-order valence-corrected chi connectivity index (χ0v) is 12.0. The number of rotatable bonds is 6. The van der Waals surface area contributed by atoms with Crippen molar-refractivity contribution in [3.8, 4) is 0 Å². The van der Waals surface area contributed by atoms with Gasteiger partial charge < -0.3 is 10.2 Å². The fraction of sp³-hybridized carbons (Fsp3) is 0.636. The first-order valence-electron chi connectivity index (χ1n) is 5.28. The van der Waals surface area contributed by atoms with Crippen LogP contribution >= 0.6 is 27.3 Å². The van der Waals surface area contributed by atoms with Gasteiger partial charge in [-0.05, 0) is 47.6 Å². The molecule has 1 heterocycles. The molecule has 0 amide bonds. The van der Waals surface area contributed by atoms with Gasteiger partial charge in [0.05, 0.1) is 8.79 Å². The third kappa shape index (κ3) is 4.13. The zero-order chi connectivity index (χ0) is 11.3. The lowest BCUT2D eigenvalue weighted by atomic mass is 10.1. The van der Waals surface area contributed by atoms with E-state index in [9.17, 15) is 0 Å². The van der Waals surface area contributed by atoms with Gasteiger partial charge in [-0.25, -0.2) is 0 Å². The monoisotopic (exact) mass is 290 g/mol. The Balaban J connectivity index is 2.50. The highest BCUT2D eigenvalue weighted by molar-refractivity contribution is 9.11. The fourth-order valence-electron chi connectivity index (χ4n) is 1.61. The summed E-state index contributed by atoms with van der Waals surface area (Å²) in [7, 11) is 4.18. The van der Waals surface area contributed by atoms with Gasteiger partial charge in [-0.2, -0.15) is 0 Å². The fourth-order valence-corrected chi connectivity index (χ4v) is 2.95. The molecule has 15 heavy (non-hydrogen) atoms. The zero-order valence-electron chi connectivity index (χ0n) is 9.59. The Hall–Kier alpha value is -0.0600. The summed E-state index contributed by atoms with van der Waals surface area (Å²) in [6.07, 6.45) is 1.22. The maximum atomic E-state index is 3.49. The van der Waals surface area contributed by atoms with E-state index in [1.54, 1.807) is 11.3 Å². The van der Waals surface area contributed by atoms with Crippen LogP contribution in [0.4, 0.5) is 5.00 Å². The average Bonchev–Trinajstić information content (AvgIpc) is 2.64. The summed E-state index contributed by atoms with van der Waals surface area (Å²) in [5.74, 6) is 0.723. The SMILES string of the molecule is CCC(CNC)CN(C)c1ccc(Br)s1. The van der Waals surface area contributed by atoms with Gasteiger partial charge in [0.2, 0.25) is 0 Å². The van der Waals surface area contributed by atoms with Crippen LogP contribution < -0.4 is 10.2 Å². The Labute approximate surface area is 105 Å². The minimum atomic E-state index is 0.723. The second-order valence-electron chi connectivity index (χ2n) is 3.79. The van der Waals surface area contributed by atoms with E-state index in [0.717, 1.165) is 19.0 Å². The lowest BCUT2D eigenvalue weighted by molar-refractivity contribution is 0.485. The normalized spacial score (nSPS) is 12.8. The number of anilines is 1. The van der Waals surface area contributed by atoms with Gasteiger partial charge in [-0.15, -0.1) is 11.3 Å². The molecule has 1 rings (SSSR count). The molecule has 0 saturated heterocycles. The third-order valence-corrected chi connectivity index (χ3v) is 4.28. The number of halogens is 1. The van der Waals surface area contributed by atoms with Crippen LogP contribution in [-0.2, 0) is 0 Å². The van der Waals surface area contributed by atoms with Crippen LogP contribution in [-0.4, -0.2) is 27.2 Å². The largest absolute Gasteiger partial charge is 0.366 e. The molecule has 0 fully saturated rings. The van der Waals surface area contributed by atoms with Crippen molar-refractivity contribution >= 4 is 32.3 Å². The summed E-state index contributed by atoms with van der Waals surface area (Å²) < 4.78 is 1.20. The predicted molar refractivity (Wildman–Crippen MR) is 73.0 cm³/mol. The van der Waals surface area contributed by atoms with Gasteiger partial charge in [0.25, 0.3) is 0 Å². The molecule has 4 heteroatoms. The summed E-state index contributed by atoms with van der Waals surface area (Å²) in [4.78, 5) is 2.33. The predicted octanol–water partition coefficient (Wildman–Crippen LogP) is 3.19. The lowest BCUT2D eigenvalue weighted by Gasteiger charge is -2.23. The van der Waals surface area contributed by atoms with Crippen LogP contribution in [0.25, 0.3) is 0 Å². The number of nitrogens with one attached hydrogen (secondary N) is 1. The Morgan fingerprint density at radius 1 is 1.53 bits per heavy atom. The first kappa shape index (κ1) is 13.0. The molecule has 0 aliphatic carbocycles. The van der Waals surface area contributed by atoms with Crippen molar-refractivity contribution in [1.29, 1.82) is 0 Å². The van der Waals surface area contributed by atoms with Crippen molar-refractivity contribution in [3.05, 3.63) is 15.9 Å².